The van der Waals surface area contributed by atoms with Crippen molar-refractivity contribution < 1.29 is 24.4 Å². The van der Waals surface area contributed by atoms with Gasteiger partial charge in [-0.3, -0.25) is 0 Å². The number of hydrogen-bond donors (Lipinski definition) is 2. The van der Waals surface area contributed by atoms with E-state index in [-0.39, 0.29) is 13.2 Å². The molecule has 0 aliphatic carbocycles. The summed E-state index contributed by atoms with van der Waals surface area (Å²) in [5.74, 6) is 0. The predicted octanol–water partition coefficient (Wildman–Crippen LogP) is 11.1. The molecule has 0 aromatic heterocycles. The third-order valence-corrected chi connectivity index (χ3v) is 9.84. The van der Waals surface area contributed by atoms with Gasteiger partial charge in [-0.25, -0.2) is 0 Å². The van der Waals surface area contributed by atoms with E-state index in [1.165, 1.54) is 141 Å². The van der Waals surface area contributed by atoms with Gasteiger partial charge in [0.05, 0.1) is 13.2 Å². The average Bonchev–Trinajstić information content (AvgIpc) is 3.03. The van der Waals surface area contributed by atoms with Crippen LogP contribution in [0.2, 0.25) is 0 Å². The van der Waals surface area contributed by atoms with Gasteiger partial charge in [0.25, 0.3) is 0 Å². The molecule has 0 unspecified atom stereocenters. The zero-order valence-corrected chi connectivity index (χ0v) is 31.1. The van der Waals surface area contributed by atoms with Gasteiger partial charge < -0.3 is 24.4 Å². The lowest BCUT2D eigenvalue weighted by Crippen LogP contribution is -2.57. The van der Waals surface area contributed by atoms with Crippen LogP contribution in [-0.4, -0.2) is 57.9 Å². The van der Waals surface area contributed by atoms with Crippen molar-refractivity contribution in [2.45, 2.75) is 218 Å². The Morgan fingerprint density at radius 3 is 1.18 bits per heavy atom. The number of rotatable bonds is 31. The van der Waals surface area contributed by atoms with Gasteiger partial charge in [0, 0.05) is 12.8 Å². The van der Waals surface area contributed by atoms with Gasteiger partial charge in [-0.2, -0.15) is 0 Å². The number of ether oxygens (including phenoxy) is 3. The van der Waals surface area contributed by atoms with Crippen molar-refractivity contribution in [3.63, 3.8) is 0 Å². The van der Waals surface area contributed by atoms with E-state index in [0.29, 0.717) is 22.9 Å². The van der Waals surface area contributed by atoms with E-state index in [2.05, 4.69) is 13.8 Å². The molecule has 0 aromatic carbocycles. The van der Waals surface area contributed by atoms with E-state index in [9.17, 15) is 10.2 Å². The predicted molar refractivity (Wildman–Crippen MR) is 198 cm³/mol. The fraction of sp³-hybridized carbons (Fsp3) is 0.947. The lowest BCUT2D eigenvalue weighted by molar-refractivity contribution is -0.185. The highest BCUT2D eigenvalue weighted by molar-refractivity contribution is 7.80. The molecule has 0 aromatic rings. The smallest absolute Gasteiger partial charge is 0.167 e. The summed E-state index contributed by atoms with van der Waals surface area (Å²) in [6, 6.07) is 0. The van der Waals surface area contributed by atoms with Crippen LogP contribution in [-0.2, 0) is 14.2 Å². The standard InChI is InChI=1S/C38H72O5S2/c1-3-5-7-9-11-13-15-17-19-21-23-25-27-29-35(44)42-37-33(40)32-41-34(31-39)38(37)43-36(45)30-28-26-24-22-20-18-16-14-12-10-8-6-4-2/h33-34,37-40H,3-32H2,1-2H3/t33-,34+,37+,38+/m0/s1. The van der Waals surface area contributed by atoms with Gasteiger partial charge in [0.15, 0.2) is 22.3 Å². The topological polar surface area (TPSA) is 68.2 Å². The van der Waals surface area contributed by atoms with E-state index in [0.717, 1.165) is 25.7 Å². The Kier molecular flexibility index (Phi) is 29.4. The van der Waals surface area contributed by atoms with Gasteiger partial charge in [0.2, 0.25) is 0 Å². The average molecular weight is 673 g/mol. The van der Waals surface area contributed by atoms with Gasteiger partial charge in [0.1, 0.15) is 12.2 Å². The number of thiocarbonyl (C=S) groups is 2. The molecule has 4 atom stereocenters. The van der Waals surface area contributed by atoms with Gasteiger partial charge in [-0.1, -0.05) is 168 Å². The monoisotopic (exact) mass is 672 g/mol. The summed E-state index contributed by atoms with van der Waals surface area (Å²) in [6.45, 7) is 4.41. The SMILES string of the molecule is CCCCCCCCCCCCCCCC(=S)O[C@H]1[C@H](OC(=S)CCCCCCCCCCCCCCC)[C@@H](CO)OC[C@@H]1O. The van der Waals surface area contributed by atoms with E-state index >= 15 is 0 Å². The van der Waals surface area contributed by atoms with Crippen LogP contribution < -0.4 is 0 Å². The molecule has 5 nitrogen and oxygen atoms in total. The van der Waals surface area contributed by atoms with E-state index in [4.69, 9.17) is 38.6 Å². The zero-order valence-electron chi connectivity index (χ0n) is 29.5. The second-order valence-corrected chi connectivity index (χ2v) is 14.4. The normalized spacial score (nSPS) is 19.9. The molecule has 1 rings (SSSR count). The first-order valence-electron chi connectivity index (χ1n) is 19.3. The van der Waals surface area contributed by atoms with Crippen LogP contribution in [0.15, 0.2) is 0 Å². The highest BCUT2D eigenvalue weighted by Gasteiger charge is 2.43. The molecular formula is C38H72O5S2. The van der Waals surface area contributed by atoms with Crippen molar-refractivity contribution in [2.75, 3.05) is 13.2 Å². The summed E-state index contributed by atoms with van der Waals surface area (Å²) in [5, 5.41) is 21.6. The first-order valence-corrected chi connectivity index (χ1v) is 20.1. The van der Waals surface area contributed by atoms with Crippen LogP contribution in [0, 0.1) is 0 Å². The van der Waals surface area contributed by atoms with Gasteiger partial charge >= 0.3 is 0 Å². The fourth-order valence-electron chi connectivity index (χ4n) is 6.28. The van der Waals surface area contributed by atoms with Crippen molar-refractivity contribution in [3.8, 4) is 0 Å². The lowest BCUT2D eigenvalue weighted by Gasteiger charge is -2.40. The molecule has 0 spiro atoms. The Morgan fingerprint density at radius 2 is 0.844 bits per heavy atom. The summed E-state index contributed by atoms with van der Waals surface area (Å²) in [5.41, 5.74) is 0. The quantitative estimate of drug-likeness (QED) is 0.0561. The largest absolute Gasteiger partial charge is 0.477 e. The van der Waals surface area contributed by atoms with E-state index < -0.39 is 24.4 Å². The number of aliphatic hydroxyl groups is 2. The van der Waals surface area contributed by atoms with E-state index in [1.54, 1.807) is 0 Å². The second kappa shape index (κ2) is 31.0. The maximum atomic E-state index is 10.7. The Morgan fingerprint density at radius 1 is 0.533 bits per heavy atom. The molecule has 0 radical (unpaired) electrons. The molecular weight excluding hydrogens is 601 g/mol. The Bertz CT molecular complexity index is 691. The van der Waals surface area contributed by atoms with Crippen LogP contribution in [0.3, 0.4) is 0 Å². The van der Waals surface area contributed by atoms with E-state index in [1.807, 2.05) is 0 Å². The van der Waals surface area contributed by atoms with Crippen molar-refractivity contribution in [1.29, 1.82) is 0 Å². The minimum absolute atomic E-state index is 0.0860. The summed E-state index contributed by atoms with van der Waals surface area (Å²) in [7, 11) is 0. The Balaban J connectivity index is 2.19. The maximum absolute atomic E-state index is 10.7. The third-order valence-electron chi connectivity index (χ3n) is 9.23. The second-order valence-electron chi connectivity index (χ2n) is 13.5. The van der Waals surface area contributed by atoms with Crippen molar-refractivity contribution >= 4 is 34.5 Å². The van der Waals surface area contributed by atoms with Crippen molar-refractivity contribution in [1.82, 2.24) is 0 Å². The van der Waals surface area contributed by atoms with Crippen LogP contribution in [0.25, 0.3) is 0 Å². The molecule has 1 fully saturated rings. The first kappa shape index (κ1) is 42.7. The zero-order chi connectivity index (χ0) is 32.8. The van der Waals surface area contributed by atoms with Gasteiger partial charge in [-0.15, -0.1) is 0 Å². The molecule has 0 saturated carbocycles. The summed E-state index contributed by atoms with van der Waals surface area (Å²) in [6.07, 6.45) is 32.5. The molecule has 0 amide bonds. The maximum Gasteiger partial charge on any atom is 0.167 e. The van der Waals surface area contributed by atoms with Crippen LogP contribution in [0.1, 0.15) is 194 Å². The molecule has 266 valence electrons. The van der Waals surface area contributed by atoms with Crippen molar-refractivity contribution in [2.24, 2.45) is 0 Å². The van der Waals surface area contributed by atoms with Crippen molar-refractivity contribution in [3.05, 3.63) is 0 Å². The van der Waals surface area contributed by atoms with Crippen LogP contribution >= 0.6 is 24.4 Å². The summed E-state index contributed by atoms with van der Waals surface area (Å²) in [4.78, 5) is 0. The number of hydrogen-bond acceptors (Lipinski definition) is 7. The van der Waals surface area contributed by atoms with Crippen LogP contribution in [0.4, 0.5) is 0 Å². The molecule has 7 heteroatoms. The minimum atomic E-state index is -0.874. The highest BCUT2D eigenvalue weighted by Crippen LogP contribution is 2.24. The van der Waals surface area contributed by atoms with Gasteiger partial charge in [-0.05, 0) is 37.3 Å². The molecule has 1 aliphatic heterocycles. The minimum Gasteiger partial charge on any atom is -0.477 e. The summed E-state index contributed by atoms with van der Waals surface area (Å²) < 4.78 is 17.9. The lowest BCUT2D eigenvalue weighted by atomic mass is 9.99. The molecule has 1 heterocycles. The third kappa shape index (κ3) is 23.6. The molecule has 45 heavy (non-hydrogen) atoms. The summed E-state index contributed by atoms with van der Waals surface area (Å²) >= 11 is 11.1. The number of unbranched alkanes of at least 4 members (excludes halogenated alkanes) is 24. The first-order chi connectivity index (χ1) is 22.0. The number of aliphatic hydroxyl groups excluding tert-OH is 2. The Labute approximate surface area is 289 Å². The van der Waals surface area contributed by atoms with Crippen LogP contribution in [0.5, 0.6) is 0 Å². The molecule has 1 saturated heterocycles. The highest BCUT2D eigenvalue weighted by atomic mass is 32.1. The molecule has 0 bridgehead atoms. The molecule has 2 N–H and O–H groups in total. The Hall–Kier alpha value is -0.340. The molecule has 1 aliphatic rings. The fourth-order valence-corrected chi connectivity index (χ4v) is 6.79.